The van der Waals surface area contributed by atoms with Crippen LogP contribution in [0, 0.1) is 21.4 Å². The molecule has 0 aromatic carbocycles. The monoisotopic (exact) mass is 266 g/mol. The molecule has 0 saturated carbocycles. The van der Waals surface area contributed by atoms with Crippen LogP contribution in [-0.4, -0.2) is 48.4 Å². The van der Waals surface area contributed by atoms with Gasteiger partial charge in [-0.05, 0) is 6.07 Å². The van der Waals surface area contributed by atoms with E-state index in [0.717, 1.165) is 0 Å². The number of hydrogen-bond donors (Lipinski definition) is 1. The molecule has 0 aliphatic heterocycles. The van der Waals surface area contributed by atoms with Crippen molar-refractivity contribution >= 4 is 11.5 Å². The predicted molar refractivity (Wildman–Crippen MR) is 66.8 cm³/mol. The first-order valence-electron chi connectivity index (χ1n) is 5.54. The first-order chi connectivity index (χ1) is 9.13. The molecule has 1 rings (SSSR count). The van der Waals surface area contributed by atoms with E-state index in [1.54, 1.807) is 18.1 Å². The Hall–Kier alpha value is -2.24. The number of ether oxygens (including phenoxy) is 1. The first kappa shape index (κ1) is 14.8. The summed E-state index contributed by atoms with van der Waals surface area (Å²) < 4.78 is 4.93. The van der Waals surface area contributed by atoms with Crippen LogP contribution in [0.25, 0.3) is 0 Å². The lowest BCUT2D eigenvalue weighted by Crippen LogP contribution is -2.31. The summed E-state index contributed by atoms with van der Waals surface area (Å²) in [6.45, 7) is 1.09. The van der Waals surface area contributed by atoms with E-state index in [9.17, 15) is 10.1 Å². The Labute approximate surface area is 110 Å². The van der Waals surface area contributed by atoms with Gasteiger partial charge in [-0.3, -0.25) is 10.1 Å². The molecular formula is C11H14N4O4. The first-order valence-corrected chi connectivity index (χ1v) is 5.54. The van der Waals surface area contributed by atoms with E-state index in [2.05, 4.69) is 4.98 Å². The summed E-state index contributed by atoms with van der Waals surface area (Å²) in [7, 11) is 1.54. The smallest absolute Gasteiger partial charge is 0.305 e. The van der Waals surface area contributed by atoms with Crippen LogP contribution in [0.4, 0.5) is 11.5 Å². The summed E-state index contributed by atoms with van der Waals surface area (Å²) >= 11 is 0. The van der Waals surface area contributed by atoms with Gasteiger partial charge in [-0.1, -0.05) is 0 Å². The molecule has 19 heavy (non-hydrogen) atoms. The normalized spacial score (nSPS) is 9.95. The molecule has 1 aromatic heterocycles. The molecule has 0 radical (unpaired) electrons. The summed E-state index contributed by atoms with van der Waals surface area (Å²) in [5.41, 5.74) is -0.579. The molecule has 0 spiro atoms. The Morgan fingerprint density at radius 2 is 2.32 bits per heavy atom. The topological polar surface area (TPSA) is 113 Å². The van der Waals surface area contributed by atoms with E-state index in [1.165, 1.54) is 12.1 Å². The van der Waals surface area contributed by atoms with Crippen LogP contribution in [0.5, 0.6) is 0 Å². The van der Waals surface area contributed by atoms with Gasteiger partial charge >= 0.3 is 5.69 Å². The number of aromatic nitrogens is 1. The highest BCUT2D eigenvalue weighted by molar-refractivity contribution is 5.51. The highest BCUT2D eigenvalue weighted by Crippen LogP contribution is 2.20. The zero-order chi connectivity index (χ0) is 14.3. The molecule has 0 amide bonds. The van der Waals surface area contributed by atoms with Gasteiger partial charge in [-0.2, -0.15) is 5.26 Å². The van der Waals surface area contributed by atoms with E-state index < -0.39 is 4.92 Å². The zero-order valence-electron chi connectivity index (χ0n) is 10.4. The lowest BCUT2D eigenvalue weighted by Gasteiger charge is -2.22. The van der Waals surface area contributed by atoms with E-state index >= 15 is 0 Å². The van der Waals surface area contributed by atoms with E-state index in [0.29, 0.717) is 25.5 Å². The Morgan fingerprint density at radius 1 is 1.58 bits per heavy atom. The Bertz CT molecular complexity index is 486. The van der Waals surface area contributed by atoms with Crippen molar-refractivity contribution in [3.63, 3.8) is 0 Å². The molecule has 0 aliphatic rings. The van der Waals surface area contributed by atoms with Crippen molar-refractivity contribution in [3.05, 3.63) is 27.9 Å². The molecule has 0 aliphatic carbocycles. The summed E-state index contributed by atoms with van der Waals surface area (Å²) in [5, 5.41) is 28.6. The fourth-order valence-electron chi connectivity index (χ4n) is 1.51. The molecule has 0 fully saturated rings. The van der Waals surface area contributed by atoms with Gasteiger partial charge in [0.15, 0.2) is 0 Å². The number of aliphatic hydroxyl groups is 1. The number of nitro groups is 1. The number of pyridine rings is 1. The maximum Gasteiger partial charge on any atom is 0.305 e. The van der Waals surface area contributed by atoms with Crippen molar-refractivity contribution in [3.8, 4) is 6.07 Å². The SMILES string of the molecule is COCCN(CCO)c1ccc([N+](=O)[O-])c(C#N)n1. The highest BCUT2D eigenvalue weighted by Gasteiger charge is 2.17. The Kier molecular flexibility index (Phi) is 5.66. The minimum atomic E-state index is -0.652. The number of methoxy groups -OCH3 is 1. The van der Waals surface area contributed by atoms with Crippen LogP contribution in [0.1, 0.15) is 5.69 Å². The minimum Gasteiger partial charge on any atom is -0.395 e. The number of anilines is 1. The predicted octanol–water partition coefficient (Wildman–Crippen LogP) is 0.307. The quantitative estimate of drug-likeness (QED) is 0.558. The maximum atomic E-state index is 10.7. The summed E-state index contributed by atoms with van der Waals surface area (Å²) in [5.74, 6) is 0.397. The number of nitriles is 1. The van der Waals surface area contributed by atoms with Gasteiger partial charge in [-0.15, -0.1) is 0 Å². The molecular weight excluding hydrogens is 252 g/mol. The molecule has 0 unspecified atom stereocenters. The van der Waals surface area contributed by atoms with Crippen molar-refractivity contribution in [2.75, 3.05) is 38.3 Å². The van der Waals surface area contributed by atoms with Gasteiger partial charge < -0.3 is 14.7 Å². The van der Waals surface area contributed by atoms with E-state index in [4.69, 9.17) is 15.1 Å². The highest BCUT2D eigenvalue weighted by atomic mass is 16.6. The summed E-state index contributed by atoms with van der Waals surface area (Å²) in [4.78, 5) is 15.7. The molecule has 1 heterocycles. The molecule has 102 valence electrons. The van der Waals surface area contributed by atoms with E-state index in [1.807, 2.05) is 0 Å². The van der Waals surface area contributed by atoms with Gasteiger partial charge in [0.25, 0.3) is 0 Å². The zero-order valence-corrected chi connectivity index (χ0v) is 10.4. The average Bonchev–Trinajstić information content (AvgIpc) is 2.42. The number of nitrogens with zero attached hydrogens (tertiary/aromatic N) is 4. The third kappa shape index (κ3) is 3.87. The number of aliphatic hydroxyl groups excluding tert-OH is 1. The number of rotatable bonds is 7. The van der Waals surface area contributed by atoms with Gasteiger partial charge in [0.1, 0.15) is 11.9 Å². The van der Waals surface area contributed by atoms with Gasteiger partial charge in [0.2, 0.25) is 5.69 Å². The Balaban J connectivity index is 3.04. The second-order valence-electron chi connectivity index (χ2n) is 3.61. The second kappa shape index (κ2) is 7.25. The van der Waals surface area contributed by atoms with Crippen LogP contribution in [0.3, 0.4) is 0 Å². The van der Waals surface area contributed by atoms with Gasteiger partial charge in [0, 0.05) is 26.3 Å². The summed E-state index contributed by atoms with van der Waals surface area (Å²) in [6.07, 6.45) is 0. The van der Waals surface area contributed by atoms with Crippen molar-refractivity contribution in [1.82, 2.24) is 4.98 Å². The average molecular weight is 266 g/mol. The third-order valence-corrected chi connectivity index (χ3v) is 2.42. The molecule has 8 nitrogen and oxygen atoms in total. The third-order valence-electron chi connectivity index (χ3n) is 2.42. The van der Waals surface area contributed by atoms with Crippen molar-refractivity contribution in [2.45, 2.75) is 0 Å². The minimum absolute atomic E-state index is 0.0930. The molecule has 1 N–H and O–H groups in total. The lowest BCUT2D eigenvalue weighted by molar-refractivity contribution is -0.385. The van der Waals surface area contributed by atoms with Gasteiger partial charge in [-0.25, -0.2) is 4.98 Å². The molecule has 8 heteroatoms. The van der Waals surface area contributed by atoms with Crippen molar-refractivity contribution < 1.29 is 14.8 Å². The maximum absolute atomic E-state index is 10.7. The van der Waals surface area contributed by atoms with Gasteiger partial charge in [0.05, 0.1) is 18.1 Å². The molecule has 1 aromatic rings. The lowest BCUT2D eigenvalue weighted by atomic mass is 10.3. The van der Waals surface area contributed by atoms with E-state index in [-0.39, 0.29) is 18.0 Å². The fraction of sp³-hybridized carbons (Fsp3) is 0.455. The fourth-order valence-corrected chi connectivity index (χ4v) is 1.51. The molecule has 0 bridgehead atoms. The van der Waals surface area contributed by atoms with Crippen LogP contribution in [0.2, 0.25) is 0 Å². The second-order valence-corrected chi connectivity index (χ2v) is 3.61. The molecule has 0 saturated heterocycles. The number of hydrogen-bond acceptors (Lipinski definition) is 7. The molecule has 0 atom stereocenters. The largest absolute Gasteiger partial charge is 0.395 e. The van der Waals surface area contributed by atoms with Crippen LogP contribution >= 0.6 is 0 Å². The van der Waals surface area contributed by atoms with Crippen molar-refractivity contribution in [1.29, 1.82) is 5.26 Å². The Morgan fingerprint density at radius 3 is 2.84 bits per heavy atom. The van der Waals surface area contributed by atoms with Crippen LogP contribution in [0.15, 0.2) is 12.1 Å². The summed E-state index contributed by atoms with van der Waals surface area (Å²) in [6, 6.07) is 4.38. The van der Waals surface area contributed by atoms with Crippen LogP contribution < -0.4 is 4.90 Å². The van der Waals surface area contributed by atoms with Crippen molar-refractivity contribution in [2.24, 2.45) is 0 Å². The standard InChI is InChI=1S/C11H14N4O4/c1-19-7-5-14(4-6-16)11-3-2-10(15(17)18)9(8-12)13-11/h2-3,16H,4-7H2,1H3. The van der Waals surface area contributed by atoms with Crippen LogP contribution in [-0.2, 0) is 4.74 Å².